The molecule has 8 atom stereocenters. The molecule has 0 spiro atoms. The third-order valence-corrected chi connectivity index (χ3v) is 7.20. The molecular formula is C24H42ClNO12S2. The summed E-state index contributed by atoms with van der Waals surface area (Å²) in [7, 11) is 0. The second-order valence-corrected chi connectivity index (χ2v) is 10.5. The van der Waals surface area contributed by atoms with E-state index < -0.39 is 75.1 Å². The lowest BCUT2D eigenvalue weighted by molar-refractivity contribution is -0.130. The summed E-state index contributed by atoms with van der Waals surface area (Å²) in [5.74, 6) is 1.35. The zero-order valence-corrected chi connectivity index (χ0v) is 24.5. The first kappa shape index (κ1) is 39.2. The van der Waals surface area contributed by atoms with E-state index in [0.29, 0.717) is 17.3 Å². The molecule has 0 aromatic heterocycles. The lowest BCUT2D eigenvalue weighted by Crippen LogP contribution is -2.53. The van der Waals surface area contributed by atoms with Crippen molar-refractivity contribution in [1.29, 1.82) is 0 Å². The Kier molecular flexibility index (Phi) is 19.8. The molecule has 0 amide bonds. The van der Waals surface area contributed by atoms with Gasteiger partial charge in [-0.05, 0) is 23.3 Å². The average Bonchev–Trinajstić information content (AvgIpc) is 2.93. The van der Waals surface area contributed by atoms with E-state index >= 15 is 0 Å². The summed E-state index contributed by atoms with van der Waals surface area (Å²) in [6.07, 6.45) is -14.3. The van der Waals surface area contributed by atoms with Crippen LogP contribution in [0.2, 0.25) is 0 Å². The van der Waals surface area contributed by atoms with Gasteiger partial charge in [-0.3, -0.25) is 9.69 Å². The number of aliphatic hydroxyl groups is 10. The van der Waals surface area contributed by atoms with Crippen molar-refractivity contribution in [3.8, 4) is 5.75 Å². The van der Waals surface area contributed by atoms with Crippen molar-refractivity contribution in [1.82, 2.24) is 4.90 Å². The minimum Gasteiger partial charge on any atom is -0.492 e. The highest BCUT2D eigenvalue weighted by Crippen LogP contribution is 2.24. The normalized spacial score (nSPS) is 17.7. The number of hydrogen-bond acceptors (Lipinski definition) is 15. The topological polar surface area (TPSA) is 232 Å². The Hall–Kier alpha value is -0.760. The SMILES string of the molecule is CC(=O)SCc1ccc(OCCN(C[C@@H](O)[C@@H](O)[C@H](O)[C@H](O)CO)C[C@@H](O)[C@@H](O)[C@H](O)[C@H](O)CO)cc1CS.Cl. The Morgan fingerprint density at radius 3 is 1.75 bits per heavy atom. The summed E-state index contributed by atoms with van der Waals surface area (Å²) in [6.45, 7) is -1.05. The van der Waals surface area contributed by atoms with E-state index in [1.54, 1.807) is 18.2 Å². The number of ether oxygens (including phenoxy) is 1. The highest BCUT2D eigenvalue weighted by atomic mass is 35.5. The molecule has 0 fully saturated rings. The van der Waals surface area contributed by atoms with Gasteiger partial charge in [-0.2, -0.15) is 12.6 Å². The average molecular weight is 636 g/mol. The van der Waals surface area contributed by atoms with E-state index in [4.69, 9.17) is 14.9 Å². The largest absolute Gasteiger partial charge is 0.492 e. The van der Waals surface area contributed by atoms with Gasteiger partial charge in [-0.15, -0.1) is 12.4 Å². The molecule has 1 rings (SSSR count). The van der Waals surface area contributed by atoms with Crippen LogP contribution in [0.25, 0.3) is 0 Å². The fourth-order valence-corrected chi connectivity index (χ4v) is 4.52. The van der Waals surface area contributed by atoms with E-state index in [1.807, 2.05) is 0 Å². The summed E-state index contributed by atoms with van der Waals surface area (Å²) in [6, 6.07) is 5.25. The number of nitrogens with zero attached hydrogens (tertiary/aromatic N) is 1. The summed E-state index contributed by atoms with van der Waals surface area (Å²) < 4.78 is 5.77. The van der Waals surface area contributed by atoms with Crippen molar-refractivity contribution in [2.45, 2.75) is 67.3 Å². The second kappa shape index (κ2) is 20.2. The summed E-state index contributed by atoms with van der Waals surface area (Å²) >= 11 is 5.48. The fourth-order valence-electron chi connectivity index (χ4n) is 3.58. The van der Waals surface area contributed by atoms with Crippen molar-refractivity contribution in [2.24, 2.45) is 0 Å². The Morgan fingerprint density at radius 1 is 0.850 bits per heavy atom. The molecule has 10 N–H and O–H groups in total. The maximum Gasteiger partial charge on any atom is 0.186 e. The summed E-state index contributed by atoms with van der Waals surface area (Å²) in [4.78, 5) is 12.6. The number of hydrogen-bond donors (Lipinski definition) is 11. The van der Waals surface area contributed by atoms with Gasteiger partial charge in [0, 0.05) is 38.1 Å². The van der Waals surface area contributed by atoms with Crippen LogP contribution in [0.1, 0.15) is 18.1 Å². The van der Waals surface area contributed by atoms with E-state index in [9.17, 15) is 45.6 Å². The van der Waals surface area contributed by atoms with Crippen LogP contribution in [-0.4, -0.2) is 149 Å². The monoisotopic (exact) mass is 635 g/mol. The molecule has 234 valence electrons. The Morgan fingerprint density at radius 2 is 1.32 bits per heavy atom. The molecule has 0 saturated carbocycles. The summed E-state index contributed by atoms with van der Waals surface area (Å²) in [5.41, 5.74) is 1.77. The molecule has 1 aromatic carbocycles. The molecule has 0 aliphatic carbocycles. The molecule has 16 heteroatoms. The zero-order valence-electron chi connectivity index (χ0n) is 22.0. The van der Waals surface area contributed by atoms with Crippen LogP contribution in [0.4, 0.5) is 0 Å². The van der Waals surface area contributed by atoms with Gasteiger partial charge < -0.3 is 55.8 Å². The lowest BCUT2D eigenvalue weighted by atomic mass is 10.0. The Labute approximate surface area is 248 Å². The van der Waals surface area contributed by atoms with Gasteiger partial charge in [0.1, 0.15) is 49.0 Å². The van der Waals surface area contributed by atoms with Gasteiger partial charge in [0.15, 0.2) is 5.12 Å². The molecule has 0 saturated heterocycles. The standard InChI is InChI=1S/C24H41NO12S2.ClH/c1-13(28)39-12-14-2-3-16(6-15(14)11-38)37-5-4-25(7-17(29)21(33)23(35)19(31)9-26)8-18(30)22(34)24(36)20(32)10-27;/h2-3,6,17-24,26-27,29-36,38H,4-5,7-12H2,1H3;1H/t17-,18-,19-,20-,21-,22-,23-,24-;/m1./s1. The third kappa shape index (κ3) is 13.0. The maximum atomic E-state index is 11.3. The molecular weight excluding hydrogens is 594 g/mol. The molecule has 40 heavy (non-hydrogen) atoms. The van der Waals surface area contributed by atoms with Gasteiger partial charge >= 0.3 is 0 Å². The second-order valence-electron chi connectivity index (χ2n) is 9.07. The van der Waals surface area contributed by atoms with E-state index in [1.165, 1.54) is 11.8 Å². The molecule has 0 aliphatic heterocycles. The predicted molar refractivity (Wildman–Crippen MR) is 153 cm³/mol. The zero-order chi connectivity index (χ0) is 29.7. The number of rotatable bonds is 19. The fraction of sp³-hybridized carbons (Fsp3) is 0.708. The van der Waals surface area contributed by atoms with Crippen molar-refractivity contribution in [3.63, 3.8) is 0 Å². The number of carbonyl (C=O) groups is 1. The number of halogens is 1. The van der Waals surface area contributed by atoms with Crippen LogP contribution in [0, 0.1) is 0 Å². The molecule has 0 heterocycles. The molecule has 0 aliphatic rings. The highest BCUT2D eigenvalue weighted by Gasteiger charge is 2.34. The number of benzene rings is 1. The molecule has 1 aromatic rings. The van der Waals surface area contributed by atoms with Gasteiger partial charge in [-0.25, -0.2) is 0 Å². The van der Waals surface area contributed by atoms with Crippen molar-refractivity contribution in [2.75, 3.05) is 39.5 Å². The van der Waals surface area contributed by atoms with Crippen LogP contribution in [0.3, 0.4) is 0 Å². The van der Waals surface area contributed by atoms with E-state index in [0.717, 1.165) is 22.9 Å². The quantitative estimate of drug-likeness (QED) is 0.0675. The predicted octanol–water partition coefficient (Wildman–Crippen LogP) is -3.13. The van der Waals surface area contributed by atoms with Gasteiger partial charge in [0.2, 0.25) is 0 Å². The van der Waals surface area contributed by atoms with Gasteiger partial charge in [-0.1, -0.05) is 17.8 Å². The number of thiol groups is 1. The minimum absolute atomic E-state index is 0. The molecule has 13 nitrogen and oxygen atoms in total. The molecule has 0 bridgehead atoms. The van der Waals surface area contributed by atoms with Crippen molar-refractivity contribution >= 4 is 41.9 Å². The van der Waals surface area contributed by atoms with Crippen LogP contribution < -0.4 is 4.74 Å². The highest BCUT2D eigenvalue weighted by molar-refractivity contribution is 8.12. The first-order valence-electron chi connectivity index (χ1n) is 12.2. The number of aliphatic hydroxyl groups excluding tert-OH is 10. The minimum atomic E-state index is -1.88. The third-order valence-electron chi connectivity index (χ3n) is 6.00. The van der Waals surface area contributed by atoms with Crippen LogP contribution >= 0.6 is 36.8 Å². The van der Waals surface area contributed by atoms with Crippen molar-refractivity contribution in [3.05, 3.63) is 29.3 Å². The van der Waals surface area contributed by atoms with Crippen molar-refractivity contribution < 1.29 is 60.6 Å². The lowest BCUT2D eigenvalue weighted by Gasteiger charge is -2.33. The van der Waals surface area contributed by atoms with Gasteiger partial charge in [0.05, 0.1) is 25.4 Å². The first-order valence-corrected chi connectivity index (χ1v) is 13.8. The Bertz CT molecular complexity index is 830. The van der Waals surface area contributed by atoms with E-state index in [-0.39, 0.29) is 30.7 Å². The summed E-state index contributed by atoms with van der Waals surface area (Å²) in [5, 5.41) is 98.0. The van der Waals surface area contributed by atoms with Gasteiger partial charge in [0.25, 0.3) is 0 Å². The van der Waals surface area contributed by atoms with E-state index in [2.05, 4.69) is 12.6 Å². The number of thioether (sulfide) groups is 1. The first-order chi connectivity index (χ1) is 18.4. The van der Waals surface area contributed by atoms with Crippen LogP contribution in [-0.2, 0) is 16.3 Å². The molecule has 0 radical (unpaired) electrons. The van der Waals surface area contributed by atoms with Crippen LogP contribution in [0.5, 0.6) is 5.75 Å². The maximum absolute atomic E-state index is 11.3. The Balaban J connectivity index is 0.0000152. The molecule has 0 unspecified atom stereocenters. The van der Waals surface area contributed by atoms with Crippen LogP contribution in [0.15, 0.2) is 18.2 Å². The smallest absolute Gasteiger partial charge is 0.186 e. The number of carbonyl (C=O) groups excluding carboxylic acids is 1.